The van der Waals surface area contributed by atoms with Crippen LogP contribution in [-0.2, 0) is 14.8 Å². The van der Waals surface area contributed by atoms with Gasteiger partial charge in [0, 0.05) is 5.69 Å². The molecule has 110 valence electrons. The number of hydrazine groups is 1. The zero-order valence-corrected chi connectivity index (χ0v) is 11.7. The number of nitrogens with one attached hydrogen (secondary N) is 3. The van der Waals surface area contributed by atoms with Gasteiger partial charge < -0.3 is 5.73 Å². The van der Waals surface area contributed by atoms with Crippen molar-refractivity contribution >= 4 is 33.5 Å². The lowest BCUT2D eigenvalue weighted by molar-refractivity contribution is -0.109. The average molecular weight is 306 g/mol. The molecule has 21 heavy (non-hydrogen) atoms. The van der Waals surface area contributed by atoms with Gasteiger partial charge in [-0.1, -0.05) is 18.2 Å². The van der Waals surface area contributed by atoms with Crippen LogP contribution in [0, 0.1) is 0 Å². The zero-order chi connectivity index (χ0) is 15.3. The van der Waals surface area contributed by atoms with E-state index in [1.807, 2.05) is 0 Å². The molecule has 0 fully saturated rings. The normalized spacial score (nSPS) is 10.7. The lowest BCUT2D eigenvalue weighted by Gasteiger charge is -2.13. The van der Waals surface area contributed by atoms with Crippen molar-refractivity contribution in [2.45, 2.75) is 4.90 Å². The van der Waals surface area contributed by atoms with Crippen molar-refractivity contribution in [2.24, 2.45) is 0 Å². The van der Waals surface area contributed by atoms with E-state index < -0.39 is 10.0 Å². The van der Waals surface area contributed by atoms with Gasteiger partial charge in [-0.25, -0.2) is 8.42 Å². The summed E-state index contributed by atoms with van der Waals surface area (Å²) in [6.45, 7) is 0. The third-order valence-corrected chi connectivity index (χ3v) is 3.97. The molecule has 0 saturated heterocycles. The van der Waals surface area contributed by atoms with Gasteiger partial charge in [-0.15, -0.1) is 0 Å². The highest BCUT2D eigenvalue weighted by molar-refractivity contribution is 7.92. The number of hydrogen-bond donors (Lipinski definition) is 4. The van der Waals surface area contributed by atoms with Crippen molar-refractivity contribution in [3.8, 4) is 0 Å². The van der Waals surface area contributed by atoms with E-state index in [2.05, 4.69) is 15.6 Å². The molecule has 1 amide bonds. The molecule has 7 nitrogen and oxygen atoms in total. The first kappa shape index (κ1) is 14.7. The summed E-state index contributed by atoms with van der Waals surface area (Å²) in [7, 11) is -3.77. The largest absolute Gasteiger partial charge is 0.399 e. The molecule has 0 aromatic heterocycles. The van der Waals surface area contributed by atoms with Crippen molar-refractivity contribution in [1.82, 2.24) is 5.43 Å². The number of anilines is 3. The van der Waals surface area contributed by atoms with Crippen LogP contribution in [0.3, 0.4) is 0 Å². The Bertz CT molecular complexity index is 747. The fraction of sp³-hybridized carbons (Fsp3) is 0. The Morgan fingerprint density at radius 3 is 2.38 bits per heavy atom. The number of rotatable bonds is 6. The van der Waals surface area contributed by atoms with E-state index in [9.17, 15) is 13.2 Å². The van der Waals surface area contributed by atoms with Gasteiger partial charge in [0.1, 0.15) is 0 Å². The quantitative estimate of drug-likeness (QED) is 0.363. The Labute approximate surface area is 122 Å². The molecule has 2 aromatic carbocycles. The maximum atomic E-state index is 12.3. The maximum absolute atomic E-state index is 12.3. The summed E-state index contributed by atoms with van der Waals surface area (Å²) in [5.41, 5.74) is 11.5. The average Bonchev–Trinajstić information content (AvgIpc) is 2.46. The Hall–Kier alpha value is -2.74. The smallest absolute Gasteiger partial charge is 0.262 e. The molecule has 0 bridgehead atoms. The molecule has 0 aliphatic rings. The summed E-state index contributed by atoms with van der Waals surface area (Å²) in [5, 5.41) is 0. The molecule has 5 N–H and O–H groups in total. The third kappa shape index (κ3) is 3.63. The summed E-state index contributed by atoms with van der Waals surface area (Å²) >= 11 is 0. The molecule has 8 heteroatoms. The van der Waals surface area contributed by atoms with Crippen LogP contribution in [0.1, 0.15) is 0 Å². The first-order valence-electron chi connectivity index (χ1n) is 5.95. The summed E-state index contributed by atoms with van der Waals surface area (Å²) < 4.78 is 27.0. The van der Waals surface area contributed by atoms with E-state index >= 15 is 0 Å². The van der Waals surface area contributed by atoms with Gasteiger partial charge >= 0.3 is 0 Å². The molecule has 0 atom stereocenters. The van der Waals surface area contributed by atoms with Gasteiger partial charge in [0.15, 0.2) is 0 Å². The van der Waals surface area contributed by atoms with Crippen LogP contribution in [0.5, 0.6) is 0 Å². The molecule has 0 aliphatic carbocycles. The summed E-state index contributed by atoms with van der Waals surface area (Å²) in [6.07, 6.45) is 0.448. The first-order valence-corrected chi connectivity index (χ1v) is 7.44. The standard InChI is InChI=1S/C13H14N4O3S/c14-10-4-3-5-11(8-10)21(19,20)17-13-7-2-1-6-12(13)16-15-9-18/h1-9,16-17H,14H2,(H,15,18). The predicted octanol–water partition coefficient (Wildman–Crippen LogP) is 1.14. The molecular weight excluding hydrogens is 292 g/mol. The van der Waals surface area contributed by atoms with E-state index in [1.165, 1.54) is 12.1 Å². The molecule has 0 unspecified atom stereocenters. The van der Waals surface area contributed by atoms with Gasteiger partial charge in [-0.3, -0.25) is 20.4 Å². The van der Waals surface area contributed by atoms with Gasteiger partial charge in [0.2, 0.25) is 6.41 Å². The first-order chi connectivity index (χ1) is 10.0. The fourth-order valence-electron chi connectivity index (χ4n) is 1.67. The van der Waals surface area contributed by atoms with Crippen LogP contribution in [-0.4, -0.2) is 14.8 Å². The lowest BCUT2D eigenvalue weighted by atomic mass is 10.3. The maximum Gasteiger partial charge on any atom is 0.262 e. The Morgan fingerprint density at radius 1 is 1.00 bits per heavy atom. The summed E-state index contributed by atoms with van der Waals surface area (Å²) in [6, 6.07) is 12.5. The van der Waals surface area contributed by atoms with Gasteiger partial charge in [-0.05, 0) is 30.3 Å². The SMILES string of the molecule is Nc1cccc(S(=O)(=O)Nc2ccccc2NNC=O)c1. The summed E-state index contributed by atoms with van der Waals surface area (Å²) in [4.78, 5) is 10.4. The number of sulfonamides is 1. The molecule has 0 spiro atoms. The second-order valence-electron chi connectivity index (χ2n) is 4.11. The van der Waals surface area contributed by atoms with Crippen LogP contribution in [0.15, 0.2) is 53.4 Å². The van der Waals surface area contributed by atoms with Crippen LogP contribution in [0.4, 0.5) is 17.1 Å². The summed E-state index contributed by atoms with van der Waals surface area (Å²) in [5.74, 6) is 0. The molecule has 0 saturated carbocycles. The van der Waals surface area contributed by atoms with Crippen molar-refractivity contribution in [3.63, 3.8) is 0 Å². The number of para-hydroxylation sites is 2. The van der Waals surface area contributed by atoms with Crippen molar-refractivity contribution in [1.29, 1.82) is 0 Å². The van der Waals surface area contributed by atoms with Crippen LogP contribution in [0.2, 0.25) is 0 Å². The highest BCUT2D eigenvalue weighted by Gasteiger charge is 2.16. The molecular formula is C13H14N4O3S. The van der Waals surface area contributed by atoms with Crippen LogP contribution < -0.4 is 21.3 Å². The molecule has 2 rings (SSSR count). The van der Waals surface area contributed by atoms with E-state index in [0.29, 0.717) is 23.5 Å². The number of nitrogen functional groups attached to an aromatic ring is 1. The Kier molecular flexibility index (Phi) is 4.29. The van der Waals surface area contributed by atoms with Gasteiger partial charge in [-0.2, -0.15) is 0 Å². The van der Waals surface area contributed by atoms with Gasteiger partial charge in [0.05, 0.1) is 16.3 Å². The number of carbonyl (C=O) groups is 1. The fourth-order valence-corrected chi connectivity index (χ4v) is 2.81. The van der Waals surface area contributed by atoms with Gasteiger partial charge in [0.25, 0.3) is 10.0 Å². The Morgan fingerprint density at radius 2 is 1.71 bits per heavy atom. The predicted molar refractivity (Wildman–Crippen MR) is 80.9 cm³/mol. The molecule has 0 aliphatic heterocycles. The highest BCUT2D eigenvalue weighted by atomic mass is 32.2. The topological polar surface area (TPSA) is 113 Å². The number of benzene rings is 2. The van der Waals surface area contributed by atoms with Crippen molar-refractivity contribution in [3.05, 3.63) is 48.5 Å². The molecule has 0 heterocycles. The van der Waals surface area contributed by atoms with E-state index in [-0.39, 0.29) is 4.90 Å². The second kappa shape index (κ2) is 6.14. The number of hydrogen-bond acceptors (Lipinski definition) is 5. The Balaban J connectivity index is 2.30. The number of carbonyl (C=O) groups excluding carboxylic acids is 1. The molecule has 0 radical (unpaired) electrons. The lowest BCUT2D eigenvalue weighted by Crippen LogP contribution is -2.21. The second-order valence-corrected chi connectivity index (χ2v) is 5.79. The number of nitrogens with two attached hydrogens (primary N) is 1. The third-order valence-electron chi connectivity index (χ3n) is 2.61. The minimum absolute atomic E-state index is 0.0562. The zero-order valence-electron chi connectivity index (χ0n) is 10.9. The highest BCUT2D eigenvalue weighted by Crippen LogP contribution is 2.24. The monoisotopic (exact) mass is 306 g/mol. The van der Waals surface area contributed by atoms with Crippen molar-refractivity contribution in [2.75, 3.05) is 15.9 Å². The number of amides is 1. The minimum Gasteiger partial charge on any atom is -0.399 e. The molecule has 2 aromatic rings. The van der Waals surface area contributed by atoms with Crippen LogP contribution >= 0.6 is 0 Å². The van der Waals surface area contributed by atoms with E-state index in [1.54, 1.807) is 36.4 Å². The van der Waals surface area contributed by atoms with E-state index in [0.717, 1.165) is 0 Å². The van der Waals surface area contributed by atoms with Crippen LogP contribution in [0.25, 0.3) is 0 Å². The van der Waals surface area contributed by atoms with Crippen molar-refractivity contribution < 1.29 is 13.2 Å². The van der Waals surface area contributed by atoms with E-state index in [4.69, 9.17) is 5.73 Å². The minimum atomic E-state index is -3.77.